The van der Waals surface area contributed by atoms with Gasteiger partial charge in [0, 0.05) is 50.8 Å². The number of imidazole rings is 1. The van der Waals surface area contributed by atoms with E-state index in [1.807, 2.05) is 6.20 Å². The molecule has 0 amide bonds. The molecule has 2 aromatic carbocycles. The van der Waals surface area contributed by atoms with Crippen LogP contribution >= 0.6 is 0 Å². The van der Waals surface area contributed by atoms with Gasteiger partial charge in [0.15, 0.2) is 0 Å². The highest BCUT2D eigenvalue weighted by Crippen LogP contribution is 2.20. The average molecular weight is 332 g/mol. The first-order valence-corrected chi connectivity index (χ1v) is 8.91. The Balaban J connectivity index is 1.43. The van der Waals surface area contributed by atoms with Gasteiger partial charge in [-0.05, 0) is 24.6 Å². The molecule has 0 aliphatic carbocycles. The van der Waals surface area contributed by atoms with Gasteiger partial charge in [-0.2, -0.15) is 0 Å². The first-order valence-electron chi connectivity index (χ1n) is 8.91. The number of piperazine rings is 1. The number of hydrogen-bond donors (Lipinski definition) is 0. The van der Waals surface area contributed by atoms with E-state index in [2.05, 4.69) is 87.1 Å². The van der Waals surface area contributed by atoms with Crippen LogP contribution in [0.15, 0.2) is 67.0 Å². The van der Waals surface area contributed by atoms with Crippen LogP contribution in [-0.2, 0) is 6.54 Å². The van der Waals surface area contributed by atoms with E-state index in [1.54, 1.807) is 0 Å². The van der Waals surface area contributed by atoms with E-state index >= 15 is 0 Å². The summed E-state index contributed by atoms with van der Waals surface area (Å²) < 4.78 is 2.19. The molecule has 0 N–H and O–H groups in total. The summed E-state index contributed by atoms with van der Waals surface area (Å²) in [4.78, 5) is 9.53. The van der Waals surface area contributed by atoms with Crippen LogP contribution in [0.5, 0.6) is 0 Å². The highest BCUT2D eigenvalue weighted by Gasteiger charge is 2.20. The second-order valence-corrected chi connectivity index (χ2v) is 6.68. The Hall–Kier alpha value is -2.59. The van der Waals surface area contributed by atoms with Crippen LogP contribution in [-0.4, -0.2) is 40.6 Å². The lowest BCUT2D eigenvalue weighted by atomic mass is 10.2. The van der Waals surface area contributed by atoms with Gasteiger partial charge in [-0.1, -0.05) is 48.0 Å². The summed E-state index contributed by atoms with van der Waals surface area (Å²) in [6, 6.07) is 19.3. The summed E-state index contributed by atoms with van der Waals surface area (Å²) in [5, 5.41) is 0. The Morgan fingerprint density at radius 2 is 1.60 bits per heavy atom. The Bertz CT molecular complexity index is 799. The molecule has 1 aliphatic heterocycles. The minimum Gasteiger partial charge on any atom is -0.339 e. The fourth-order valence-electron chi connectivity index (χ4n) is 3.38. The summed E-state index contributed by atoms with van der Waals surface area (Å²) >= 11 is 0. The Kier molecular flexibility index (Phi) is 4.53. The van der Waals surface area contributed by atoms with Crippen LogP contribution in [0.4, 0.5) is 5.95 Å². The van der Waals surface area contributed by atoms with Crippen LogP contribution < -0.4 is 4.90 Å². The van der Waals surface area contributed by atoms with Crippen molar-refractivity contribution in [3.63, 3.8) is 0 Å². The predicted molar refractivity (Wildman–Crippen MR) is 102 cm³/mol. The second kappa shape index (κ2) is 7.11. The third-order valence-corrected chi connectivity index (χ3v) is 4.84. The molecule has 1 saturated heterocycles. The summed E-state index contributed by atoms with van der Waals surface area (Å²) in [5.74, 6) is 1.04. The molecule has 2 heterocycles. The fraction of sp³-hybridized carbons (Fsp3) is 0.286. The number of aryl methyl sites for hydroxylation is 1. The maximum atomic E-state index is 4.62. The third-order valence-electron chi connectivity index (χ3n) is 4.84. The normalized spacial score (nSPS) is 15.5. The van der Waals surface area contributed by atoms with Crippen molar-refractivity contribution in [1.82, 2.24) is 14.5 Å². The molecule has 4 rings (SSSR count). The van der Waals surface area contributed by atoms with Crippen LogP contribution in [0.3, 0.4) is 0 Å². The lowest BCUT2D eigenvalue weighted by Gasteiger charge is -2.35. The second-order valence-electron chi connectivity index (χ2n) is 6.68. The summed E-state index contributed by atoms with van der Waals surface area (Å²) in [5.41, 5.74) is 3.84. The van der Waals surface area contributed by atoms with Crippen LogP contribution in [0, 0.1) is 6.92 Å². The molecular formula is C21H24N4. The average Bonchev–Trinajstić information content (AvgIpc) is 3.14. The zero-order valence-corrected chi connectivity index (χ0v) is 14.7. The molecule has 1 aromatic heterocycles. The molecule has 0 bridgehead atoms. The van der Waals surface area contributed by atoms with E-state index in [-0.39, 0.29) is 0 Å². The van der Waals surface area contributed by atoms with Crippen molar-refractivity contribution in [1.29, 1.82) is 0 Å². The number of rotatable bonds is 4. The smallest absolute Gasteiger partial charge is 0.210 e. The highest BCUT2D eigenvalue weighted by atomic mass is 15.3. The minimum atomic E-state index is 1.01. The SMILES string of the molecule is Cc1ccc(-n2ccnc2N2CCN(Cc3ccccc3)CC2)cc1. The van der Waals surface area contributed by atoms with Gasteiger partial charge in [-0.3, -0.25) is 9.47 Å². The van der Waals surface area contributed by atoms with E-state index in [9.17, 15) is 0 Å². The molecule has 0 spiro atoms. The number of aromatic nitrogens is 2. The summed E-state index contributed by atoms with van der Waals surface area (Å²) in [7, 11) is 0. The summed E-state index contributed by atoms with van der Waals surface area (Å²) in [6.07, 6.45) is 3.95. The molecule has 4 nitrogen and oxygen atoms in total. The first kappa shape index (κ1) is 15.9. The predicted octanol–water partition coefficient (Wildman–Crippen LogP) is 3.50. The number of hydrogen-bond acceptors (Lipinski definition) is 3. The van der Waals surface area contributed by atoms with Crippen molar-refractivity contribution < 1.29 is 0 Å². The maximum absolute atomic E-state index is 4.62. The lowest BCUT2D eigenvalue weighted by Crippen LogP contribution is -2.46. The zero-order chi connectivity index (χ0) is 17.1. The van der Waals surface area contributed by atoms with E-state index in [4.69, 9.17) is 0 Å². The van der Waals surface area contributed by atoms with Gasteiger partial charge in [0.05, 0.1) is 0 Å². The fourth-order valence-corrected chi connectivity index (χ4v) is 3.38. The summed E-state index contributed by atoms with van der Waals surface area (Å²) in [6.45, 7) is 7.29. The third kappa shape index (κ3) is 3.59. The maximum Gasteiger partial charge on any atom is 0.210 e. The van der Waals surface area contributed by atoms with Crippen LogP contribution in [0.25, 0.3) is 5.69 Å². The van der Waals surface area contributed by atoms with Gasteiger partial charge in [0.1, 0.15) is 0 Å². The molecule has 1 aliphatic rings. The molecule has 3 aromatic rings. The van der Waals surface area contributed by atoms with Crippen molar-refractivity contribution in [3.05, 3.63) is 78.1 Å². The number of anilines is 1. The van der Waals surface area contributed by atoms with E-state index in [0.29, 0.717) is 0 Å². The molecule has 0 radical (unpaired) electrons. The van der Waals surface area contributed by atoms with Gasteiger partial charge < -0.3 is 4.90 Å². The van der Waals surface area contributed by atoms with Gasteiger partial charge in [-0.15, -0.1) is 0 Å². The quantitative estimate of drug-likeness (QED) is 0.731. The monoisotopic (exact) mass is 332 g/mol. The van der Waals surface area contributed by atoms with Crippen molar-refractivity contribution >= 4 is 5.95 Å². The van der Waals surface area contributed by atoms with Crippen molar-refractivity contribution in [2.75, 3.05) is 31.1 Å². The van der Waals surface area contributed by atoms with Gasteiger partial charge in [0.2, 0.25) is 5.95 Å². The zero-order valence-electron chi connectivity index (χ0n) is 14.7. The van der Waals surface area contributed by atoms with Gasteiger partial charge >= 0.3 is 0 Å². The standard InChI is InChI=1S/C21H24N4/c1-18-7-9-20(10-8-18)25-12-11-22-21(25)24-15-13-23(14-16-24)17-19-5-3-2-4-6-19/h2-12H,13-17H2,1H3. The van der Waals surface area contributed by atoms with Crippen molar-refractivity contribution in [3.8, 4) is 5.69 Å². The molecular weight excluding hydrogens is 308 g/mol. The molecule has 128 valence electrons. The van der Waals surface area contributed by atoms with Crippen LogP contribution in [0.2, 0.25) is 0 Å². The lowest BCUT2D eigenvalue weighted by molar-refractivity contribution is 0.248. The highest BCUT2D eigenvalue weighted by molar-refractivity contribution is 5.44. The van der Waals surface area contributed by atoms with Gasteiger partial charge in [0.25, 0.3) is 0 Å². The Morgan fingerprint density at radius 3 is 2.32 bits per heavy atom. The largest absolute Gasteiger partial charge is 0.339 e. The molecule has 0 saturated carbocycles. The van der Waals surface area contributed by atoms with Crippen LogP contribution in [0.1, 0.15) is 11.1 Å². The topological polar surface area (TPSA) is 24.3 Å². The molecule has 25 heavy (non-hydrogen) atoms. The van der Waals surface area contributed by atoms with Crippen molar-refractivity contribution in [2.24, 2.45) is 0 Å². The van der Waals surface area contributed by atoms with Crippen molar-refractivity contribution in [2.45, 2.75) is 13.5 Å². The minimum absolute atomic E-state index is 1.01. The van der Waals surface area contributed by atoms with Gasteiger partial charge in [-0.25, -0.2) is 4.98 Å². The number of benzene rings is 2. The Morgan fingerprint density at radius 1 is 0.880 bits per heavy atom. The molecule has 0 atom stereocenters. The molecule has 0 unspecified atom stereocenters. The number of nitrogens with zero attached hydrogens (tertiary/aromatic N) is 4. The molecule has 4 heteroatoms. The van der Waals surface area contributed by atoms with E-state index in [1.165, 1.54) is 16.8 Å². The molecule has 1 fully saturated rings. The first-order chi connectivity index (χ1) is 12.3. The van der Waals surface area contributed by atoms with E-state index in [0.717, 1.165) is 38.7 Å². The van der Waals surface area contributed by atoms with E-state index < -0.39 is 0 Å². The Labute approximate surface area is 149 Å².